The van der Waals surface area contributed by atoms with Crippen molar-refractivity contribution in [3.63, 3.8) is 0 Å². The Morgan fingerprint density at radius 1 is 1.35 bits per heavy atom. The van der Waals surface area contributed by atoms with E-state index in [-0.39, 0.29) is 17.1 Å². The van der Waals surface area contributed by atoms with Gasteiger partial charge in [0.1, 0.15) is 17.1 Å². The van der Waals surface area contributed by atoms with Gasteiger partial charge in [0.25, 0.3) is 5.91 Å². The number of benzene rings is 2. The fourth-order valence-electron chi connectivity index (χ4n) is 1.74. The average Bonchev–Trinajstić information content (AvgIpc) is 2.41. The molecule has 0 aliphatic heterocycles. The van der Waals surface area contributed by atoms with Crippen molar-refractivity contribution in [3.8, 4) is 11.5 Å². The van der Waals surface area contributed by atoms with Crippen molar-refractivity contribution < 1.29 is 14.6 Å². The molecule has 0 atom stereocenters. The third-order valence-electron chi connectivity index (χ3n) is 2.69. The summed E-state index contributed by atoms with van der Waals surface area (Å²) in [5.41, 5.74) is 6.52. The van der Waals surface area contributed by atoms with Crippen LogP contribution in [0.3, 0.4) is 0 Å². The molecule has 104 valence electrons. The molecule has 0 aliphatic carbocycles. The molecule has 4 N–H and O–H groups in total. The van der Waals surface area contributed by atoms with E-state index in [2.05, 4.69) is 5.32 Å². The first kappa shape index (κ1) is 14.0. The van der Waals surface area contributed by atoms with Gasteiger partial charge < -0.3 is 20.9 Å². The topological polar surface area (TPSA) is 84.6 Å². The van der Waals surface area contributed by atoms with Crippen molar-refractivity contribution in [2.24, 2.45) is 0 Å². The predicted molar refractivity (Wildman–Crippen MR) is 78.5 cm³/mol. The van der Waals surface area contributed by atoms with Gasteiger partial charge in [-0.3, -0.25) is 4.79 Å². The number of hydrogen-bond acceptors (Lipinski definition) is 4. The maximum absolute atomic E-state index is 12.2. The highest BCUT2D eigenvalue weighted by Gasteiger charge is 2.18. The third kappa shape index (κ3) is 2.78. The van der Waals surface area contributed by atoms with Crippen LogP contribution in [0.4, 0.5) is 11.4 Å². The van der Waals surface area contributed by atoms with Crippen molar-refractivity contribution in [3.05, 3.63) is 47.0 Å². The van der Waals surface area contributed by atoms with Gasteiger partial charge in [-0.1, -0.05) is 17.7 Å². The molecular formula is C14H13ClN2O3. The lowest BCUT2D eigenvalue weighted by Crippen LogP contribution is -2.13. The van der Waals surface area contributed by atoms with Crippen molar-refractivity contribution in [1.29, 1.82) is 0 Å². The monoisotopic (exact) mass is 292 g/mol. The van der Waals surface area contributed by atoms with Crippen molar-refractivity contribution in [2.75, 3.05) is 18.2 Å². The minimum Gasteiger partial charge on any atom is -0.507 e. The number of nitrogen functional groups attached to an aromatic ring is 1. The van der Waals surface area contributed by atoms with Gasteiger partial charge in [-0.25, -0.2) is 0 Å². The second-order valence-corrected chi connectivity index (χ2v) is 4.46. The van der Waals surface area contributed by atoms with Crippen LogP contribution in [0.15, 0.2) is 36.4 Å². The van der Waals surface area contributed by atoms with Gasteiger partial charge in [0.2, 0.25) is 0 Å². The fraction of sp³-hybridized carbons (Fsp3) is 0.0714. The molecule has 20 heavy (non-hydrogen) atoms. The number of nitrogens with two attached hydrogens (primary N) is 1. The van der Waals surface area contributed by atoms with E-state index in [1.807, 2.05) is 0 Å². The van der Waals surface area contributed by atoms with Crippen molar-refractivity contribution >= 4 is 28.9 Å². The van der Waals surface area contributed by atoms with Crippen LogP contribution in [-0.4, -0.2) is 18.1 Å². The van der Waals surface area contributed by atoms with Crippen LogP contribution < -0.4 is 15.8 Å². The summed E-state index contributed by atoms with van der Waals surface area (Å²) >= 11 is 5.99. The second kappa shape index (κ2) is 5.71. The molecule has 0 radical (unpaired) electrons. The molecule has 0 fully saturated rings. The number of carbonyl (C=O) groups excluding carboxylic acids is 1. The quantitative estimate of drug-likeness (QED) is 0.759. The molecule has 0 saturated carbocycles. The second-order valence-electron chi connectivity index (χ2n) is 4.05. The van der Waals surface area contributed by atoms with E-state index in [1.165, 1.54) is 19.2 Å². The molecule has 0 aliphatic rings. The Morgan fingerprint density at radius 3 is 2.75 bits per heavy atom. The number of anilines is 2. The van der Waals surface area contributed by atoms with Gasteiger partial charge in [0, 0.05) is 5.69 Å². The van der Waals surface area contributed by atoms with Gasteiger partial charge in [-0.15, -0.1) is 0 Å². The molecule has 0 aromatic heterocycles. The zero-order chi connectivity index (χ0) is 14.7. The minimum atomic E-state index is -0.522. The molecule has 0 saturated heterocycles. The summed E-state index contributed by atoms with van der Waals surface area (Å²) in [6, 6.07) is 9.30. The first-order chi connectivity index (χ1) is 9.52. The number of carbonyl (C=O) groups is 1. The highest BCUT2D eigenvalue weighted by atomic mass is 35.5. The van der Waals surface area contributed by atoms with Gasteiger partial charge in [0.15, 0.2) is 0 Å². The number of amides is 1. The number of phenolic OH excluding ortho intramolecular Hbond substituents is 1. The number of hydrogen-bond donors (Lipinski definition) is 3. The largest absolute Gasteiger partial charge is 0.507 e. The van der Waals surface area contributed by atoms with E-state index in [4.69, 9.17) is 22.1 Å². The Hall–Kier alpha value is -2.40. The number of ether oxygens (including phenoxy) is 1. The summed E-state index contributed by atoms with van der Waals surface area (Å²) in [4.78, 5) is 12.2. The summed E-state index contributed by atoms with van der Waals surface area (Å²) < 4.78 is 5.06. The van der Waals surface area contributed by atoms with Gasteiger partial charge in [-0.05, 0) is 30.3 Å². The molecule has 5 nitrogen and oxygen atoms in total. The van der Waals surface area contributed by atoms with Crippen molar-refractivity contribution in [2.45, 2.75) is 0 Å². The Kier molecular flexibility index (Phi) is 4.00. The highest BCUT2D eigenvalue weighted by Crippen LogP contribution is 2.30. The van der Waals surface area contributed by atoms with E-state index in [9.17, 15) is 9.90 Å². The maximum atomic E-state index is 12.2. The Bertz CT molecular complexity index is 659. The smallest absolute Gasteiger partial charge is 0.263 e. The Morgan fingerprint density at radius 2 is 2.10 bits per heavy atom. The molecule has 0 spiro atoms. The number of rotatable bonds is 3. The van der Waals surface area contributed by atoms with Gasteiger partial charge in [-0.2, -0.15) is 0 Å². The van der Waals surface area contributed by atoms with Crippen LogP contribution in [0, 0.1) is 0 Å². The molecular weight excluding hydrogens is 280 g/mol. The zero-order valence-corrected chi connectivity index (χ0v) is 11.4. The van der Waals surface area contributed by atoms with Crippen LogP contribution in [0.25, 0.3) is 0 Å². The maximum Gasteiger partial charge on any atom is 0.263 e. The van der Waals surface area contributed by atoms with Crippen LogP contribution in [0.1, 0.15) is 10.4 Å². The van der Waals surface area contributed by atoms with Crippen LogP contribution >= 0.6 is 11.6 Å². The number of methoxy groups -OCH3 is 1. The molecule has 6 heteroatoms. The molecule has 0 heterocycles. The SMILES string of the molecule is COc1cccc(O)c1C(=O)Nc1ccc(N)cc1Cl. The van der Waals surface area contributed by atoms with E-state index in [0.29, 0.717) is 16.4 Å². The number of halogens is 1. The molecule has 2 aromatic rings. The van der Waals surface area contributed by atoms with E-state index >= 15 is 0 Å². The Balaban J connectivity index is 2.33. The lowest BCUT2D eigenvalue weighted by atomic mass is 10.1. The zero-order valence-electron chi connectivity index (χ0n) is 10.7. The first-order valence-corrected chi connectivity index (χ1v) is 6.13. The Labute approximate surface area is 120 Å². The summed E-state index contributed by atoms with van der Waals surface area (Å²) in [5.74, 6) is -0.422. The molecule has 0 unspecified atom stereocenters. The highest BCUT2D eigenvalue weighted by molar-refractivity contribution is 6.34. The minimum absolute atomic E-state index is 0.0443. The molecule has 1 amide bonds. The van der Waals surface area contributed by atoms with Gasteiger partial charge >= 0.3 is 0 Å². The van der Waals surface area contributed by atoms with Crippen molar-refractivity contribution in [1.82, 2.24) is 0 Å². The summed E-state index contributed by atoms with van der Waals surface area (Å²) in [6.45, 7) is 0. The standard InChI is InChI=1S/C14H13ClN2O3/c1-20-12-4-2-3-11(18)13(12)14(19)17-10-6-5-8(16)7-9(10)15/h2-7,18H,16H2,1H3,(H,17,19). The van der Waals surface area contributed by atoms with Crippen LogP contribution in [-0.2, 0) is 0 Å². The van der Waals surface area contributed by atoms with Crippen LogP contribution in [0.5, 0.6) is 11.5 Å². The first-order valence-electron chi connectivity index (χ1n) is 5.75. The number of nitrogens with one attached hydrogen (secondary N) is 1. The van der Waals surface area contributed by atoms with E-state index in [1.54, 1.807) is 24.3 Å². The molecule has 0 bridgehead atoms. The predicted octanol–water partition coefficient (Wildman–Crippen LogP) is 2.89. The number of phenols is 1. The fourth-order valence-corrected chi connectivity index (χ4v) is 1.97. The normalized spacial score (nSPS) is 10.1. The summed E-state index contributed by atoms with van der Waals surface area (Å²) in [6.07, 6.45) is 0. The van der Waals surface area contributed by atoms with E-state index < -0.39 is 5.91 Å². The van der Waals surface area contributed by atoms with Crippen LogP contribution in [0.2, 0.25) is 5.02 Å². The summed E-state index contributed by atoms with van der Waals surface area (Å²) in [5, 5.41) is 12.7. The molecule has 2 aromatic carbocycles. The lowest BCUT2D eigenvalue weighted by molar-refractivity contribution is 0.102. The molecule has 2 rings (SSSR count). The van der Waals surface area contributed by atoms with E-state index in [0.717, 1.165) is 0 Å². The lowest BCUT2D eigenvalue weighted by Gasteiger charge is -2.12. The summed E-state index contributed by atoms with van der Waals surface area (Å²) in [7, 11) is 1.42. The van der Waals surface area contributed by atoms with Gasteiger partial charge in [0.05, 0.1) is 17.8 Å². The number of aromatic hydroxyl groups is 1. The third-order valence-corrected chi connectivity index (χ3v) is 3.01. The average molecular weight is 293 g/mol.